The maximum Gasteiger partial charge on any atom is 0.247 e. The summed E-state index contributed by atoms with van der Waals surface area (Å²) in [5.74, 6) is -1.13. The molecule has 0 aromatic rings. The van der Waals surface area contributed by atoms with E-state index >= 15 is 0 Å². The minimum atomic E-state index is -0.619. The molecule has 0 saturated carbocycles. The van der Waals surface area contributed by atoms with Gasteiger partial charge in [-0.3, -0.25) is 14.4 Å². The van der Waals surface area contributed by atoms with Crippen LogP contribution >= 0.6 is 11.8 Å². The quantitative estimate of drug-likeness (QED) is 0.367. The molecule has 7 nitrogen and oxygen atoms in total. The van der Waals surface area contributed by atoms with E-state index in [2.05, 4.69) is 27.0 Å². The Labute approximate surface area is 215 Å². The second-order valence-corrected chi connectivity index (χ2v) is 12.2. The molecule has 196 valence electrons. The highest BCUT2D eigenvalue weighted by Gasteiger charge is 2.77. The highest BCUT2D eigenvalue weighted by Crippen LogP contribution is 2.71. The third-order valence-corrected chi connectivity index (χ3v) is 9.92. The molecule has 0 aliphatic carbocycles. The number of carbonyl (C=O) groups excluding carboxylic acids is 3. The van der Waals surface area contributed by atoms with E-state index in [1.54, 1.807) is 28.8 Å². The number of rotatable bonds is 14. The van der Waals surface area contributed by atoms with Gasteiger partial charge in [-0.25, -0.2) is 0 Å². The molecular weight excluding hydrogens is 462 g/mol. The van der Waals surface area contributed by atoms with Crippen LogP contribution < -0.4 is 0 Å². The Morgan fingerprint density at radius 1 is 1.09 bits per heavy atom. The van der Waals surface area contributed by atoms with Gasteiger partial charge in [0.15, 0.2) is 0 Å². The molecule has 3 fully saturated rings. The first-order valence-corrected chi connectivity index (χ1v) is 14.0. The van der Waals surface area contributed by atoms with Crippen LogP contribution in [0.5, 0.6) is 0 Å². The Balaban J connectivity index is 2.04. The lowest BCUT2D eigenvalue weighted by atomic mass is 9.66. The minimum Gasteiger partial charge on any atom is -0.396 e. The van der Waals surface area contributed by atoms with E-state index in [4.69, 9.17) is 0 Å². The largest absolute Gasteiger partial charge is 0.396 e. The summed E-state index contributed by atoms with van der Waals surface area (Å²) in [5, 5.41) is 9.53. The molecule has 3 saturated heterocycles. The molecule has 0 aromatic heterocycles. The van der Waals surface area contributed by atoms with Crippen LogP contribution in [0.25, 0.3) is 0 Å². The maximum atomic E-state index is 14.1. The Bertz CT molecular complexity index is 835. The average Bonchev–Trinajstić information content (AvgIpc) is 3.40. The van der Waals surface area contributed by atoms with Crippen LogP contribution in [-0.2, 0) is 14.4 Å². The Morgan fingerprint density at radius 2 is 1.74 bits per heavy atom. The maximum absolute atomic E-state index is 14.1. The smallest absolute Gasteiger partial charge is 0.247 e. The number of likely N-dealkylation sites (tertiary alicyclic amines) is 1. The van der Waals surface area contributed by atoms with Gasteiger partial charge in [-0.2, -0.15) is 0 Å². The number of amides is 3. The van der Waals surface area contributed by atoms with Crippen LogP contribution in [0.2, 0.25) is 0 Å². The SMILES string of the molecule is C=CCN(CCCC)C(=O)C1N(CCCO)C(=O)[C@@H]2[C@H](C(=O)N(CC=C)CCC)[C@]3(C)CCC12S3. The Kier molecular flexibility index (Phi) is 9.13. The van der Waals surface area contributed by atoms with Crippen LogP contribution in [0.1, 0.15) is 59.3 Å². The summed E-state index contributed by atoms with van der Waals surface area (Å²) in [6.07, 6.45) is 8.11. The molecular formula is C27H43N3O4S. The summed E-state index contributed by atoms with van der Waals surface area (Å²) in [4.78, 5) is 47.4. The van der Waals surface area contributed by atoms with Gasteiger partial charge in [-0.1, -0.05) is 32.4 Å². The summed E-state index contributed by atoms with van der Waals surface area (Å²) in [7, 11) is 0. The van der Waals surface area contributed by atoms with Crippen molar-refractivity contribution >= 4 is 29.5 Å². The molecule has 0 aromatic carbocycles. The molecule has 3 amide bonds. The summed E-state index contributed by atoms with van der Waals surface area (Å²) in [5.41, 5.74) is 0. The summed E-state index contributed by atoms with van der Waals surface area (Å²) in [6, 6.07) is -0.619. The van der Waals surface area contributed by atoms with Gasteiger partial charge in [0.05, 0.1) is 16.6 Å². The molecule has 8 heteroatoms. The third kappa shape index (κ3) is 4.80. The van der Waals surface area contributed by atoms with Crippen molar-refractivity contribution in [2.75, 3.05) is 39.3 Å². The second-order valence-electron chi connectivity index (χ2n) is 10.3. The lowest BCUT2D eigenvalue weighted by Crippen LogP contribution is -2.55. The van der Waals surface area contributed by atoms with Crippen molar-refractivity contribution in [3.63, 3.8) is 0 Å². The molecule has 3 rings (SSSR count). The molecule has 0 radical (unpaired) electrons. The van der Waals surface area contributed by atoms with Gasteiger partial charge in [-0.05, 0) is 39.0 Å². The van der Waals surface area contributed by atoms with E-state index in [0.29, 0.717) is 39.1 Å². The van der Waals surface area contributed by atoms with Crippen molar-refractivity contribution < 1.29 is 19.5 Å². The molecule has 1 spiro atoms. The number of thioether (sulfide) groups is 1. The zero-order chi connectivity index (χ0) is 25.8. The third-order valence-electron chi connectivity index (χ3n) is 7.93. The van der Waals surface area contributed by atoms with Gasteiger partial charge in [0.1, 0.15) is 6.04 Å². The Morgan fingerprint density at radius 3 is 2.31 bits per heavy atom. The van der Waals surface area contributed by atoms with Gasteiger partial charge in [0.25, 0.3) is 0 Å². The van der Waals surface area contributed by atoms with Crippen LogP contribution in [-0.4, -0.2) is 92.4 Å². The van der Waals surface area contributed by atoms with Gasteiger partial charge >= 0.3 is 0 Å². The molecule has 35 heavy (non-hydrogen) atoms. The van der Waals surface area contributed by atoms with E-state index < -0.39 is 22.6 Å². The van der Waals surface area contributed by atoms with Crippen LogP contribution in [0, 0.1) is 11.8 Å². The van der Waals surface area contributed by atoms with Crippen LogP contribution in [0.4, 0.5) is 0 Å². The van der Waals surface area contributed by atoms with Crippen molar-refractivity contribution in [3.05, 3.63) is 25.3 Å². The zero-order valence-corrected chi connectivity index (χ0v) is 22.5. The Hall–Kier alpha value is -1.80. The predicted molar refractivity (Wildman–Crippen MR) is 141 cm³/mol. The molecule has 3 heterocycles. The fourth-order valence-electron chi connectivity index (χ4n) is 6.45. The standard InChI is InChI=1S/C27H43N3O4S/c1-6-10-17-29(16-9-4)25(34)22-27-13-12-26(5,35-27)20(23(32)28(14-7-2)15-8-3)21(27)24(33)30(22)18-11-19-31/h7,9,20-22,31H,2,4,6,8,10-19H2,1,3,5H3/t20-,21+,22?,26+,27?/m1/s1. The number of fused-ring (bicyclic) bond motifs is 1. The van der Waals surface area contributed by atoms with Gasteiger partial charge in [0.2, 0.25) is 17.7 Å². The number of unbranched alkanes of at least 4 members (excludes halogenated alkanes) is 1. The number of hydrogen-bond acceptors (Lipinski definition) is 5. The number of aliphatic hydroxyl groups excluding tert-OH is 1. The second kappa shape index (κ2) is 11.5. The van der Waals surface area contributed by atoms with Crippen molar-refractivity contribution in [3.8, 4) is 0 Å². The lowest BCUT2D eigenvalue weighted by molar-refractivity contribution is -0.145. The molecule has 1 N–H and O–H groups in total. The molecule has 5 atom stereocenters. The van der Waals surface area contributed by atoms with Crippen molar-refractivity contribution in [1.82, 2.24) is 14.7 Å². The number of nitrogens with zero attached hydrogens (tertiary/aromatic N) is 3. The van der Waals surface area contributed by atoms with Crippen molar-refractivity contribution in [2.24, 2.45) is 11.8 Å². The van der Waals surface area contributed by atoms with E-state index in [-0.39, 0.29) is 29.1 Å². The number of aliphatic hydroxyl groups is 1. The molecule has 3 aliphatic heterocycles. The van der Waals surface area contributed by atoms with E-state index in [9.17, 15) is 19.5 Å². The number of carbonyl (C=O) groups is 3. The zero-order valence-electron chi connectivity index (χ0n) is 21.7. The van der Waals surface area contributed by atoms with Gasteiger partial charge in [-0.15, -0.1) is 24.9 Å². The monoisotopic (exact) mass is 505 g/mol. The van der Waals surface area contributed by atoms with E-state index in [1.807, 2.05) is 16.7 Å². The fourth-order valence-corrected chi connectivity index (χ4v) is 8.79. The highest BCUT2D eigenvalue weighted by atomic mass is 32.2. The van der Waals surface area contributed by atoms with Gasteiger partial charge in [0, 0.05) is 44.1 Å². The predicted octanol–water partition coefficient (Wildman–Crippen LogP) is 3.09. The summed E-state index contributed by atoms with van der Waals surface area (Å²) in [6.45, 7) is 16.3. The van der Waals surface area contributed by atoms with Crippen LogP contribution in [0.3, 0.4) is 0 Å². The normalized spacial score (nSPS) is 30.9. The van der Waals surface area contributed by atoms with Crippen molar-refractivity contribution in [2.45, 2.75) is 74.8 Å². The minimum absolute atomic E-state index is 0.00538. The highest BCUT2D eigenvalue weighted by molar-refractivity contribution is 8.02. The number of hydrogen-bond donors (Lipinski definition) is 1. The molecule has 2 unspecified atom stereocenters. The molecule has 3 aliphatic rings. The summed E-state index contributed by atoms with van der Waals surface area (Å²) >= 11 is 1.71. The van der Waals surface area contributed by atoms with E-state index in [0.717, 1.165) is 32.1 Å². The fraction of sp³-hybridized carbons (Fsp3) is 0.741. The first-order chi connectivity index (χ1) is 16.8. The van der Waals surface area contributed by atoms with Gasteiger partial charge < -0.3 is 19.8 Å². The topological polar surface area (TPSA) is 81.2 Å². The van der Waals surface area contributed by atoms with Crippen molar-refractivity contribution in [1.29, 1.82) is 0 Å². The average molecular weight is 506 g/mol. The molecule has 2 bridgehead atoms. The van der Waals surface area contributed by atoms with E-state index in [1.165, 1.54) is 0 Å². The van der Waals surface area contributed by atoms with Crippen LogP contribution in [0.15, 0.2) is 25.3 Å². The first-order valence-electron chi connectivity index (χ1n) is 13.2. The first kappa shape index (κ1) is 27.8. The summed E-state index contributed by atoms with van der Waals surface area (Å²) < 4.78 is -0.991. The lowest BCUT2D eigenvalue weighted by Gasteiger charge is -2.38.